The Morgan fingerprint density at radius 3 is 1.29 bits per heavy atom. The van der Waals surface area contributed by atoms with Crippen molar-refractivity contribution >= 4 is 11.9 Å². The molecule has 290 valence electrons. The van der Waals surface area contributed by atoms with Gasteiger partial charge >= 0.3 is 11.9 Å². The molecule has 0 aromatic rings. The maximum Gasteiger partial charge on any atom is 0.306 e. The number of rotatable bonds is 34. The van der Waals surface area contributed by atoms with Crippen molar-refractivity contribution < 1.29 is 24.2 Å². The summed E-state index contributed by atoms with van der Waals surface area (Å²) in [6, 6.07) is 0. The first-order valence-corrected chi connectivity index (χ1v) is 20.1. The first-order chi connectivity index (χ1) is 25.6. The Hall–Kier alpha value is -3.70. The van der Waals surface area contributed by atoms with E-state index in [9.17, 15) is 14.7 Å². The molecule has 0 aliphatic carbocycles. The van der Waals surface area contributed by atoms with Gasteiger partial charge in [-0.1, -0.05) is 155 Å². The summed E-state index contributed by atoms with van der Waals surface area (Å²) in [5.41, 5.74) is 0. The lowest BCUT2D eigenvalue weighted by molar-refractivity contribution is -0.161. The van der Waals surface area contributed by atoms with Crippen molar-refractivity contribution in [1.82, 2.24) is 0 Å². The summed E-state index contributed by atoms with van der Waals surface area (Å²) >= 11 is 0. The molecule has 0 aliphatic heterocycles. The van der Waals surface area contributed by atoms with Crippen LogP contribution in [0.1, 0.15) is 142 Å². The topological polar surface area (TPSA) is 72.8 Å². The van der Waals surface area contributed by atoms with Gasteiger partial charge in [-0.15, -0.1) is 0 Å². The molecule has 0 spiro atoms. The highest BCUT2D eigenvalue weighted by molar-refractivity contribution is 5.70. The summed E-state index contributed by atoms with van der Waals surface area (Å²) in [6.45, 7) is 3.88. The van der Waals surface area contributed by atoms with Gasteiger partial charge in [-0.3, -0.25) is 9.59 Å². The Labute approximate surface area is 318 Å². The quantitative estimate of drug-likeness (QED) is 0.0408. The maximum atomic E-state index is 12.1. The first kappa shape index (κ1) is 48.3. The average molecular weight is 717 g/mol. The van der Waals surface area contributed by atoms with Gasteiger partial charge in [0.25, 0.3) is 0 Å². The second-order valence-corrected chi connectivity index (χ2v) is 12.6. The fourth-order valence-electron chi connectivity index (χ4n) is 4.74. The molecule has 0 heterocycles. The molecule has 0 aromatic carbocycles. The molecule has 0 radical (unpaired) electrons. The third-order valence-electron chi connectivity index (χ3n) is 7.75. The molecule has 5 nitrogen and oxygen atoms in total. The molecule has 0 amide bonds. The second kappa shape index (κ2) is 41.7. The monoisotopic (exact) mass is 717 g/mol. The van der Waals surface area contributed by atoms with E-state index < -0.39 is 12.1 Å². The summed E-state index contributed by atoms with van der Waals surface area (Å²) in [5, 5.41) is 9.55. The zero-order chi connectivity index (χ0) is 37.8. The van der Waals surface area contributed by atoms with Crippen molar-refractivity contribution in [1.29, 1.82) is 0 Å². The largest absolute Gasteiger partial charge is 0.462 e. The van der Waals surface area contributed by atoms with E-state index in [1.54, 1.807) is 0 Å². The molecule has 0 bridgehead atoms. The standard InChI is InChI=1S/C47H72O5/c1-3-5-7-9-11-13-15-17-19-21-23-25-27-29-31-33-35-37-39-41-46(49)51-44-45(43-48)52-47(50)42-40-38-36-34-32-30-28-26-24-22-20-18-16-14-12-10-8-6-4-2/h5,7,11-14,17-20,23-26,29-32,36,38,45,48H,3-4,6,8-10,15-16,21-22,27-28,33-35,37,39-44H2,1-2H3. The Morgan fingerprint density at radius 1 is 0.462 bits per heavy atom. The van der Waals surface area contributed by atoms with Gasteiger partial charge in [-0.25, -0.2) is 0 Å². The molecule has 1 atom stereocenters. The van der Waals surface area contributed by atoms with Crippen molar-refractivity contribution in [3.05, 3.63) is 122 Å². The Kier molecular flexibility index (Phi) is 38.8. The van der Waals surface area contributed by atoms with Gasteiger partial charge in [0.1, 0.15) is 6.61 Å². The van der Waals surface area contributed by atoms with E-state index in [0.29, 0.717) is 12.8 Å². The Balaban J connectivity index is 3.80. The average Bonchev–Trinajstić information content (AvgIpc) is 3.15. The Bertz CT molecular complexity index is 1130. The molecule has 52 heavy (non-hydrogen) atoms. The van der Waals surface area contributed by atoms with E-state index >= 15 is 0 Å². The van der Waals surface area contributed by atoms with Crippen molar-refractivity contribution in [2.24, 2.45) is 0 Å². The van der Waals surface area contributed by atoms with Crippen LogP contribution in [0.5, 0.6) is 0 Å². The van der Waals surface area contributed by atoms with E-state index in [0.717, 1.165) is 83.5 Å². The summed E-state index contributed by atoms with van der Waals surface area (Å²) < 4.78 is 10.5. The van der Waals surface area contributed by atoms with Crippen LogP contribution in [0.2, 0.25) is 0 Å². The number of carbonyl (C=O) groups is 2. The molecule has 0 aliphatic rings. The molecule has 0 saturated heterocycles. The number of esters is 2. The van der Waals surface area contributed by atoms with Gasteiger partial charge in [0, 0.05) is 12.8 Å². The van der Waals surface area contributed by atoms with Crippen LogP contribution in [-0.4, -0.2) is 36.4 Å². The molecule has 1 unspecified atom stereocenters. The molecule has 0 rings (SSSR count). The van der Waals surface area contributed by atoms with Gasteiger partial charge in [-0.2, -0.15) is 0 Å². The summed E-state index contributed by atoms with van der Waals surface area (Å²) in [6.07, 6.45) is 61.2. The summed E-state index contributed by atoms with van der Waals surface area (Å²) in [4.78, 5) is 24.2. The maximum absolute atomic E-state index is 12.1. The third-order valence-corrected chi connectivity index (χ3v) is 7.75. The van der Waals surface area contributed by atoms with Gasteiger partial charge < -0.3 is 14.6 Å². The van der Waals surface area contributed by atoms with Crippen LogP contribution >= 0.6 is 0 Å². The molecule has 0 saturated carbocycles. The van der Waals surface area contributed by atoms with Gasteiger partial charge in [0.15, 0.2) is 6.10 Å². The first-order valence-electron chi connectivity index (χ1n) is 20.1. The fourth-order valence-corrected chi connectivity index (χ4v) is 4.74. The van der Waals surface area contributed by atoms with Crippen LogP contribution in [0.15, 0.2) is 122 Å². The van der Waals surface area contributed by atoms with Crippen LogP contribution < -0.4 is 0 Å². The zero-order valence-corrected chi connectivity index (χ0v) is 32.8. The predicted molar refractivity (Wildman–Crippen MR) is 223 cm³/mol. The molecule has 0 aromatic heterocycles. The minimum Gasteiger partial charge on any atom is -0.462 e. The van der Waals surface area contributed by atoms with Gasteiger partial charge in [-0.05, 0) is 96.3 Å². The number of hydrogen-bond donors (Lipinski definition) is 1. The molecule has 5 heteroatoms. The smallest absolute Gasteiger partial charge is 0.306 e. The lowest BCUT2D eigenvalue weighted by Gasteiger charge is -2.15. The molecule has 1 N–H and O–H groups in total. The van der Waals surface area contributed by atoms with E-state index in [2.05, 4.69) is 123 Å². The Morgan fingerprint density at radius 2 is 0.865 bits per heavy atom. The number of carbonyl (C=O) groups excluding carboxylic acids is 2. The van der Waals surface area contributed by atoms with Crippen LogP contribution in [0.3, 0.4) is 0 Å². The van der Waals surface area contributed by atoms with E-state index in [1.807, 2.05) is 12.2 Å². The number of allylic oxidation sites excluding steroid dienone is 20. The van der Waals surface area contributed by atoms with Gasteiger partial charge in [0.2, 0.25) is 0 Å². The van der Waals surface area contributed by atoms with E-state index in [-0.39, 0.29) is 25.6 Å². The third kappa shape index (κ3) is 39.1. The van der Waals surface area contributed by atoms with Crippen LogP contribution in [0, 0.1) is 0 Å². The minimum absolute atomic E-state index is 0.122. The SMILES string of the molecule is CCC=CCC=CCC=CCC=CCC=CCCCCCC(=O)OCC(CO)OC(=O)CCC=CCC=CCC=CCC=CCC=CCCCCC. The van der Waals surface area contributed by atoms with Crippen molar-refractivity contribution in [3.8, 4) is 0 Å². The highest BCUT2D eigenvalue weighted by Crippen LogP contribution is 2.07. The molecule has 0 fully saturated rings. The molecular weight excluding hydrogens is 645 g/mol. The zero-order valence-electron chi connectivity index (χ0n) is 32.8. The fraction of sp³-hybridized carbons (Fsp3) is 0.532. The van der Waals surface area contributed by atoms with Gasteiger partial charge in [0.05, 0.1) is 6.61 Å². The number of aliphatic hydroxyl groups is 1. The number of hydrogen-bond acceptors (Lipinski definition) is 5. The summed E-state index contributed by atoms with van der Waals surface area (Å²) in [7, 11) is 0. The summed E-state index contributed by atoms with van der Waals surface area (Å²) in [5.74, 6) is -0.739. The highest BCUT2D eigenvalue weighted by atomic mass is 16.6. The number of aliphatic hydroxyl groups excluding tert-OH is 1. The van der Waals surface area contributed by atoms with Crippen LogP contribution in [-0.2, 0) is 19.1 Å². The van der Waals surface area contributed by atoms with Crippen LogP contribution in [0.4, 0.5) is 0 Å². The highest BCUT2D eigenvalue weighted by Gasteiger charge is 2.15. The van der Waals surface area contributed by atoms with Crippen molar-refractivity contribution in [2.45, 2.75) is 148 Å². The lowest BCUT2D eigenvalue weighted by atomic mass is 10.1. The minimum atomic E-state index is -0.834. The predicted octanol–water partition coefficient (Wildman–Crippen LogP) is 12.8. The van der Waals surface area contributed by atoms with Crippen molar-refractivity contribution in [2.75, 3.05) is 13.2 Å². The van der Waals surface area contributed by atoms with E-state index in [1.165, 1.54) is 25.7 Å². The number of ether oxygens (including phenoxy) is 2. The molecular formula is C47H72O5. The number of unbranched alkanes of at least 4 members (excludes halogenated alkanes) is 6. The second-order valence-electron chi connectivity index (χ2n) is 12.6. The van der Waals surface area contributed by atoms with Crippen LogP contribution in [0.25, 0.3) is 0 Å². The van der Waals surface area contributed by atoms with E-state index in [4.69, 9.17) is 9.47 Å². The normalized spacial score (nSPS) is 13.5. The lowest BCUT2D eigenvalue weighted by Crippen LogP contribution is -2.28. The van der Waals surface area contributed by atoms with Crippen molar-refractivity contribution in [3.63, 3.8) is 0 Å².